The number of amides is 1. The molecule has 1 aromatic rings. The van der Waals surface area contributed by atoms with E-state index in [0.29, 0.717) is 0 Å². The molecule has 270 valence electrons. The molecule has 13 heteroatoms. The molecule has 0 radical (unpaired) electrons. The Bertz CT molecular complexity index is 1770. The molecular formula is C37H47N3O10. The zero-order valence-electron chi connectivity index (χ0n) is 29.8. The lowest BCUT2D eigenvalue weighted by atomic mass is 9.77. The number of ether oxygens (including phenoxy) is 3. The molecule has 3 heterocycles. The lowest BCUT2D eigenvalue weighted by molar-refractivity contribution is -0.158. The van der Waals surface area contributed by atoms with E-state index >= 15 is 0 Å². The topological polar surface area (TPSA) is 221 Å². The van der Waals surface area contributed by atoms with Crippen molar-refractivity contribution in [1.29, 1.82) is 0 Å². The highest BCUT2D eigenvalue weighted by Crippen LogP contribution is 2.49. The molecule has 1 aliphatic carbocycles. The fourth-order valence-corrected chi connectivity index (χ4v) is 6.59. The lowest BCUT2D eigenvalue weighted by Crippen LogP contribution is -2.45. The van der Waals surface area contributed by atoms with Crippen LogP contribution in [0.1, 0.15) is 87.2 Å². The molecule has 50 heavy (non-hydrogen) atoms. The Morgan fingerprint density at radius 2 is 1.54 bits per heavy atom. The minimum atomic E-state index is -1.94. The average molecular weight is 694 g/mol. The van der Waals surface area contributed by atoms with E-state index in [2.05, 4.69) is 4.99 Å². The Hall–Kier alpha value is -4.75. The second kappa shape index (κ2) is 14.2. The minimum Gasteiger partial charge on any atom is -0.507 e. The zero-order valence-corrected chi connectivity index (χ0v) is 29.8. The maximum absolute atomic E-state index is 14.0. The molecule has 0 saturated heterocycles. The van der Waals surface area contributed by atoms with Crippen LogP contribution in [0.25, 0.3) is 5.70 Å². The van der Waals surface area contributed by atoms with Crippen molar-refractivity contribution >= 4 is 34.9 Å². The molecule has 0 unspecified atom stereocenters. The number of nitrogens with zero attached hydrogens (tertiary/aromatic N) is 1. The van der Waals surface area contributed by atoms with Crippen LogP contribution in [0.4, 0.5) is 0 Å². The second-order valence-electron chi connectivity index (χ2n) is 13.8. The van der Waals surface area contributed by atoms with Gasteiger partial charge in [0.1, 0.15) is 23.3 Å². The predicted molar refractivity (Wildman–Crippen MR) is 185 cm³/mol. The number of benzene rings is 1. The van der Waals surface area contributed by atoms with Crippen LogP contribution in [0.5, 0.6) is 11.5 Å². The van der Waals surface area contributed by atoms with Gasteiger partial charge in [0.15, 0.2) is 0 Å². The normalized spacial score (nSPS) is 34.7. The minimum absolute atomic E-state index is 0.0528. The van der Waals surface area contributed by atoms with E-state index in [1.165, 1.54) is 40.0 Å². The summed E-state index contributed by atoms with van der Waals surface area (Å²) in [4.78, 5) is 57.0. The Balaban J connectivity index is 1.88. The number of nitrogens with two attached hydrogens (primary N) is 2. The predicted octanol–water partition coefficient (Wildman–Crippen LogP) is 3.62. The molecule has 0 aromatic heterocycles. The number of carbonyl (C=O) groups excluding carboxylic acids is 4. The number of rotatable bonds is 1. The van der Waals surface area contributed by atoms with Crippen LogP contribution in [0, 0.1) is 36.5 Å². The Labute approximate surface area is 291 Å². The number of phenolic OH excluding ortho intramolecular Hbond substituents is 1. The smallest absolute Gasteiger partial charge is 0.312 e. The molecule has 7 N–H and O–H groups in total. The summed E-state index contributed by atoms with van der Waals surface area (Å²) in [5, 5.41) is 33.7. The van der Waals surface area contributed by atoms with Gasteiger partial charge in [0.05, 0.1) is 41.0 Å². The molecule has 5 rings (SSSR count). The molecule has 0 saturated carbocycles. The highest BCUT2D eigenvalue weighted by Gasteiger charge is 2.51. The summed E-state index contributed by atoms with van der Waals surface area (Å²) in [6.45, 7) is 14.5. The summed E-state index contributed by atoms with van der Waals surface area (Å²) >= 11 is 0. The third-order valence-electron chi connectivity index (χ3n) is 10.2. The fourth-order valence-electron chi connectivity index (χ4n) is 6.59. The summed E-state index contributed by atoms with van der Waals surface area (Å²) in [7, 11) is 0. The standard InChI is InChI=1S/C37H47N3O10/c1-15-13-14-48-37(9)35(46)25-23-24(31(44)21(7)34(25)50-37)32(45)28(27(39)26(23)38)40-36(47)17(3)12-10-11-16(2)29(42)19(5)30(43)20(6)33(18(15)4)49-22(8)41/h10-16,18-20,29-30,33,42-44H,38-39H2,1-9H3/b11-10+,14-13+,17-12-,40-28?/t15-,16-,18+,19+,20+,29-,30+,33+,37-/m0/s1. The summed E-state index contributed by atoms with van der Waals surface area (Å²) in [6, 6.07) is 0. The van der Waals surface area contributed by atoms with Gasteiger partial charge < -0.3 is 41.0 Å². The largest absolute Gasteiger partial charge is 0.507 e. The van der Waals surface area contributed by atoms with Gasteiger partial charge in [-0.25, -0.2) is 4.99 Å². The Morgan fingerprint density at radius 3 is 2.16 bits per heavy atom. The van der Waals surface area contributed by atoms with Crippen LogP contribution in [0.2, 0.25) is 0 Å². The second-order valence-corrected chi connectivity index (χ2v) is 13.8. The van der Waals surface area contributed by atoms with Crippen LogP contribution in [-0.2, 0) is 19.1 Å². The quantitative estimate of drug-likeness (QED) is 0.266. The third-order valence-corrected chi connectivity index (χ3v) is 10.2. The highest BCUT2D eigenvalue weighted by atomic mass is 16.7. The highest BCUT2D eigenvalue weighted by molar-refractivity contribution is 6.56. The monoisotopic (exact) mass is 693 g/mol. The number of aliphatic hydroxyl groups is 2. The van der Waals surface area contributed by atoms with Gasteiger partial charge in [-0.05, 0) is 31.8 Å². The van der Waals surface area contributed by atoms with Crippen LogP contribution in [0.3, 0.4) is 0 Å². The van der Waals surface area contributed by atoms with Crippen molar-refractivity contribution in [2.75, 3.05) is 0 Å². The molecule has 0 spiro atoms. The van der Waals surface area contributed by atoms with E-state index < -0.39 is 76.8 Å². The van der Waals surface area contributed by atoms with Gasteiger partial charge in [-0.1, -0.05) is 52.8 Å². The number of allylic oxidation sites excluding steroid dienone is 4. The molecule has 1 amide bonds. The maximum Gasteiger partial charge on any atom is 0.312 e. The number of esters is 1. The third kappa shape index (κ3) is 6.71. The first kappa shape index (κ1) is 38.1. The van der Waals surface area contributed by atoms with E-state index in [1.807, 2.05) is 13.8 Å². The van der Waals surface area contributed by atoms with Crippen molar-refractivity contribution in [3.05, 3.63) is 64.1 Å². The van der Waals surface area contributed by atoms with E-state index in [1.54, 1.807) is 39.0 Å². The van der Waals surface area contributed by atoms with Crippen molar-refractivity contribution in [3.63, 3.8) is 0 Å². The van der Waals surface area contributed by atoms with Crippen molar-refractivity contribution in [1.82, 2.24) is 0 Å². The number of phenols is 1. The number of ketones is 2. The first-order chi connectivity index (χ1) is 23.2. The molecule has 3 aliphatic heterocycles. The SMILES string of the molecule is CC(=O)O[C@H]1[C@H](C)[C@H](O)[C@H](C)[C@@H](O)[C@@H](C)/C=C/C=C(/C)C(=O)N=C2C(=O)c3c(O)c(C)c4c(c3C(N)=C2N)C(=O)[C@@](C)(O/C=C/[C@H](C)[C@H]1C)O4. The Kier molecular flexibility index (Phi) is 10.8. The number of fused-ring (bicyclic) bond motifs is 13. The van der Waals surface area contributed by atoms with Gasteiger partial charge in [0.2, 0.25) is 5.78 Å². The van der Waals surface area contributed by atoms with Crippen molar-refractivity contribution in [2.24, 2.45) is 46.0 Å². The molecule has 13 nitrogen and oxygen atoms in total. The summed E-state index contributed by atoms with van der Waals surface area (Å²) in [5.74, 6) is -7.90. The zero-order chi connectivity index (χ0) is 37.6. The van der Waals surface area contributed by atoms with E-state index in [4.69, 9.17) is 25.7 Å². The van der Waals surface area contributed by atoms with E-state index in [0.717, 1.165) is 0 Å². The summed E-state index contributed by atoms with van der Waals surface area (Å²) in [5.41, 5.74) is 11.1. The van der Waals surface area contributed by atoms with Gasteiger partial charge >= 0.3 is 11.8 Å². The van der Waals surface area contributed by atoms with Crippen LogP contribution in [0.15, 0.2) is 46.8 Å². The molecule has 9 atom stereocenters. The number of carbonyl (C=O) groups is 4. The molecule has 0 fully saturated rings. The van der Waals surface area contributed by atoms with Gasteiger partial charge in [0.25, 0.3) is 11.7 Å². The van der Waals surface area contributed by atoms with Gasteiger partial charge in [-0.2, -0.15) is 0 Å². The van der Waals surface area contributed by atoms with Gasteiger partial charge in [-0.3, -0.25) is 19.2 Å². The first-order valence-electron chi connectivity index (χ1n) is 16.5. The van der Waals surface area contributed by atoms with Crippen LogP contribution in [-0.4, -0.2) is 68.6 Å². The molecular weight excluding hydrogens is 646 g/mol. The van der Waals surface area contributed by atoms with Gasteiger partial charge in [0, 0.05) is 48.3 Å². The summed E-state index contributed by atoms with van der Waals surface area (Å²) < 4.78 is 17.6. The molecule has 4 aliphatic rings. The fraction of sp³-hybridized carbons (Fsp3) is 0.486. The van der Waals surface area contributed by atoms with Crippen LogP contribution >= 0.6 is 0 Å². The number of aromatic hydroxyl groups is 1. The van der Waals surface area contributed by atoms with Gasteiger partial charge in [-0.15, -0.1) is 0 Å². The van der Waals surface area contributed by atoms with E-state index in [-0.39, 0.29) is 56.8 Å². The van der Waals surface area contributed by atoms with Crippen LogP contribution < -0.4 is 16.2 Å². The summed E-state index contributed by atoms with van der Waals surface area (Å²) in [6.07, 6.45) is 4.72. The first-order valence-corrected chi connectivity index (χ1v) is 16.5. The number of aliphatic imine (C=N–C) groups is 1. The van der Waals surface area contributed by atoms with Crippen molar-refractivity contribution in [3.8, 4) is 11.5 Å². The number of hydrogen-bond acceptors (Lipinski definition) is 12. The number of aliphatic hydroxyl groups excluding tert-OH is 2. The van der Waals surface area contributed by atoms with Crippen molar-refractivity contribution < 1.29 is 48.7 Å². The number of hydrogen-bond donors (Lipinski definition) is 5. The average Bonchev–Trinajstić information content (AvgIpc) is 3.33. The Morgan fingerprint density at radius 1 is 0.900 bits per heavy atom. The molecule has 1 aromatic carbocycles. The maximum atomic E-state index is 14.0. The van der Waals surface area contributed by atoms with Crippen molar-refractivity contribution in [2.45, 2.75) is 86.4 Å². The number of Topliss-reactive ketones (excluding diaryl/α,β-unsaturated/α-hetero) is 2. The molecule has 5 bridgehead atoms. The van der Waals surface area contributed by atoms with E-state index in [9.17, 15) is 34.5 Å². The lowest BCUT2D eigenvalue weighted by Gasteiger charge is -2.37.